The van der Waals surface area contributed by atoms with Gasteiger partial charge in [-0.15, -0.1) is 0 Å². The lowest BCUT2D eigenvalue weighted by molar-refractivity contribution is -0.143. The second kappa shape index (κ2) is 8.95. The Labute approximate surface area is 96.6 Å². The van der Waals surface area contributed by atoms with E-state index < -0.39 is 11.9 Å². The highest BCUT2D eigenvalue weighted by molar-refractivity contribution is 5.91. The summed E-state index contributed by atoms with van der Waals surface area (Å²) in [6, 6.07) is 0. The van der Waals surface area contributed by atoms with Gasteiger partial charge in [-0.05, 0) is 19.8 Å². The number of hydrogen-bond donors (Lipinski definition) is 0. The van der Waals surface area contributed by atoms with Gasteiger partial charge in [0, 0.05) is 12.2 Å². The van der Waals surface area contributed by atoms with Gasteiger partial charge in [-0.2, -0.15) is 0 Å². The molecule has 0 aliphatic rings. The van der Waals surface area contributed by atoms with Crippen LogP contribution in [0.2, 0.25) is 0 Å². The summed E-state index contributed by atoms with van der Waals surface area (Å²) < 4.78 is 9.77. The summed E-state index contributed by atoms with van der Waals surface area (Å²) in [5.74, 6) is -1.02. The van der Waals surface area contributed by atoms with Crippen molar-refractivity contribution in [3.8, 4) is 0 Å². The zero-order chi connectivity index (χ0) is 12.4. The lowest BCUT2D eigenvalue weighted by Gasteiger charge is -2.09. The van der Waals surface area contributed by atoms with Gasteiger partial charge in [0.1, 0.15) is 0 Å². The van der Waals surface area contributed by atoms with E-state index in [1.807, 2.05) is 20.8 Å². The van der Waals surface area contributed by atoms with Gasteiger partial charge in [-0.25, -0.2) is 9.59 Å². The Hall–Kier alpha value is -1.32. The zero-order valence-electron chi connectivity index (χ0n) is 10.2. The minimum absolute atomic E-state index is 0.117. The van der Waals surface area contributed by atoms with Gasteiger partial charge in [0.05, 0.1) is 12.7 Å². The summed E-state index contributed by atoms with van der Waals surface area (Å²) in [6.07, 6.45) is 4.61. The zero-order valence-corrected chi connectivity index (χ0v) is 10.2. The van der Waals surface area contributed by atoms with Crippen LogP contribution in [0.3, 0.4) is 0 Å². The molecule has 0 aliphatic carbocycles. The monoisotopic (exact) mass is 228 g/mol. The summed E-state index contributed by atoms with van der Waals surface area (Å²) in [5, 5.41) is 0. The van der Waals surface area contributed by atoms with Crippen LogP contribution in [0.15, 0.2) is 12.2 Å². The number of esters is 2. The Bertz CT molecular complexity index is 245. The van der Waals surface area contributed by atoms with Gasteiger partial charge < -0.3 is 9.47 Å². The van der Waals surface area contributed by atoms with Gasteiger partial charge >= 0.3 is 11.9 Å². The van der Waals surface area contributed by atoms with E-state index in [9.17, 15) is 9.59 Å². The van der Waals surface area contributed by atoms with Crippen LogP contribution >= 0.6 is 0 Å². The molecule has 0 fully saturated rings. The van der Waals surface area contributed by atoms with E-state index in [1.54, 1.807) is 0 Å². The average Bonchev–Trinajstić information content (AvgIpc) is 2.23. The van der Waals surface area contributed by atoms with Crippen molar-refractivity contribution >= 4 is 11.9 Å². The summed E-state index contributed by atoms with van der Waals surface area (Å²) in [4.78, 5) is 22.2. The molecule has 92 valence electrons. The third-order valence-electron chi connectivity index (χ3n) is 1.82. The van der Waals surface area contributed by atoms with Crippen LogP contribution in [-0.2, 0) is 19.1 Å². The molecule has 4 nitrogen and oxygen atoms in total. The second-order valence-corrected chi connectivity index (χ2v) is 3.54. The van der Waals surface area contributed by atoms with Crippen molar-refractivity contribution in [2.75, 3.05) is 6.61 Å². The van der Waals surface area contributed by atoms with Crippen molar-refractivity contribution in [3.63, 3.8) is 0 Å². The van der Waals surface area contributed by atoms with Crippen molar-refractivity contribution in [1.29, 1.82) is 0 Å². The fraction of sp³-hybridized carbons (Fsp3) is 0.667. The van der Waals surface area contributed by atoms with Gasteiger partial charge in [-0.3, -0.25) is 0 Å². The third-order valence-corrected chi connectivity index (χ3v) is 1.82. The molecule has 0 aromatic carbocycles. The Morgan fingerprint density at radius 1 is 1.12 bits per heavy atom. The predicted molar refractivity (Wildman–Crippen MR) is 60.9 cm³/mol. The van der Waals surface area contributed by atoms with Crippen LogP contribution in [0.1, 0.15) is 40.0 Å². The molecule has 0 bridgehead atoms. The molecular weight excluding hydrogens is 208 g/mol. The van der Waals surface area contributed by atoms with Crippen LogP contribution in [0.5, 0.6) is 0 Å². The molecule has 0 N–H and O–H groups in total. The highest BCUT2D eigenvalue weighted by Gasteiger charge is 2.06. The summed E-state index contributed by atoms with van der Waals surface area (Å²) in [7, 11) is 0. The topological polar surface area (TPSA) is 52.6 Å². The predicted octanol–water partition coefficient (Wildman–Crippen LogP) is 2.23. The molecule has 0 heterocycles. The molecule has 0 aromatic rings. The molecule has 1 atom stereocenters. The lowest BCUT2D eigenvalue weighted by Crippen LogP contribution is -2.13. The van der Waals surface area contributed by atoms with Crippen LogP contribution < -0.4 is 0 Å². The number of rotatable bonds is 7. The van der Waals surface area contributed by atoms with Crippen LogP contribution in [0.4, 0.5) is 0 Å². The number of carbonyl (C=O) groups excluding carboxylic acids is 2. The van der Waals surface area contributed by atoms with Gasteiger partial charge in [-0.1, -0.05) is 20.3 Å². The van der Waals surface area contributed by atoms with Crippen molar-refractivity contribution < 1.29 is 19.1 Å². The van der Waals surface area contributed by atoms with Crippen LogP contribution in [-0.4, -0.2) is 24.6 Å². The molecule has 4 heteroatoms. The van der Waals surface area contributed by atoms with E-state index in [2.05, 4.69) is 0 Å². The van der Waals surface area contributed by atoms with E-state index in [-0.39, 0.29) is 6.10 Å². The SMILES string of the molecule is CCCOC(=O)/C=C/C(=O)OC(C)CCC. The minimum atomic E-state index is -0.512. The van der Waals surface area contributed by atoms with E-state index >= 15 is 0 Å². The molecule has 1 unspecified atom stereocenters. The highest BCUT2D eigenvalue weighted by Crippen LogP contribution is 2.01. The smallest absolute Gasteiger partial charge is 0.331 e. The fourth-order valence-electron chi connectivity index (χ4n) is 1.09. The van der Waals surface area contributed by atoms with E-state index in [4.69, 9.17) is 9.47 Å². The van der Waals surface area contributed by atoms with Gasteiger partial charge in [0.25, 0.3) is 0 Å². The minimum Gasteiger partial charge on any atom is -0.463 e. The number of ether oxygens (including phenoxy) is 2. The van der Waals surface area contributed by atoms with Crippen molar-refractivity contribution in [2.24, 2.45) is 0 Å². The summed E-state index contributed by atoms with van der Waals surface area (Å²) in [6.45, 7) is 6.11. The number of hydrogen-bond acceptors (Lipinski definition) is 4. The first-order chi connectivity index (χ1) is 7.60. The maximum Gasteiger partial charge on any atom is 0.331 e. The maximum absolute atomic E-state index is 11.2. The maximum atomic E-state index is 11.2. The molecule has 0 radical (unpaired) electrons. The highest BCUT2D eigenvalue weighted by atomic mass is 16.5. The normalized spacial score (nSPS) is 12.4. The lowest BCUT2D eigenvalue weighted by atomic mass is 10.2. The molecule has 0 spiro atoms. The molecular formula is C12H20O4. The Balaban J connectivity index is 3.85. The second-order valence-electron chi connectivity index (χ2n) is 3.54. The molecule has 0 aliphatic heterocycles. The third kappa shape index (κ3) is 8.03. The van der Waals surface area contributed by atoms with Crippen LogP contribution in [0.25, 0.3) is 0 Å². The standard InChI is InChI=1S/C12H20O4/c1-4-6-10(3)16-12(14)8-7-11(13)15-9-5-2/h7-8,10H,4-6,9H2,1-3H3/b8-7+. The summed E-state index contributed by atoms with van der Waals surface area (Å²) in [5.41, 5.74) is 0. The van der Waals surface area contributed by atoms with Crippen molar-refractivity contribution in [1.82, 2.24) is 0 Å². The molecule has 0 amide bonds. The Morgan fingerprint density at radius 2 is 1.75 bits per heavy atom. The van der Waals surface area contributed by atoms with Gasteiger partial charge in [0.15, 0.2) is 0 Å². The molecule has 0 saturated carbocycles. The number of carbonyl (C=O) groups is 2. The van der Waals surface area contributed by atoms with E-state index in [0.717, 1.165) is 31.4 Å². The first kappa shape index (κ1) is 14.7. The van der Waals surface area contributed by atoms with Crippen LogP contribution in [0, 0.1) is 0 Å². The molecule has 16 heavy (non-hydrogen) atoms. The first-order valence-electron chi connectivity index (χ1n) is 5.65. The quantitative estimate of drug-likeness (QED) is 0.495. The van der Waals surface area contributed by atoms with Gasteiger partial charge in [0.2, 0.25) is 0 Å². The molecule has 0 aromatic heterocycles. The largest absolute Gasteiger partial charge is 0.463 e. The first-order valence-corrected chi connectivity index (χ1v) is 5.65. The average molecular weight is 228 g/mol. The van der Waals surface area contributed by atoms with E-state index in [1.165, 1.54) is 0 Å². The Morgan fingerprint density at radius 3 is 2.31 bits per heavy atom. The molecule has 0 rings (SSSR count). The fourth-order valence-corrected chi connectivity index (χ4v) is 1.09. The Kier molecular flexibility index (Phi) is 8.21. The van der Waals surface area contributed by atoms with Crippen molar-refractivity contribution in [2.45, 2.75) is 46.1 Å². The summed E-state index contributed by atoms with van der Waals surface area (Å²) >= 11 is 0. The van der Waals surface area contributed by atoms with Crippen molar-refractivity contribution in [3.05, 3.63) is 12.2 Å². The van der Waals surface area contributed by atoms with E-state index in [0.29, 0.717) is 6.61 Å². The molecule has 0 saturated heterocycles.